The zero-order valence-electron chi connectivity index (χ0n) is 11.6. The van der Waals surface area contributed by atoms with E-state index in [2.05, 4.69) is 12.2 Å². The van der Waals surface area contributed by atoms with Crippen molar-refractivity contribution in [3.05, 3.63) is 54.6 Å². The molecule has 0 spiro atoms. The van der Waals surface area contributed by atoms with Gasteiger partial charge in [-0.05, 0) is 37.6 Å². The summed E-state index contributed by atoms with van der Waals surface area (Å²) in [4.78, 5) is 0. The van der Waals surface area contributed by atoms with Crippen LogP contribution in [-0.2, 0) is 4.74 Å². The molecule has 0 aliphatic carbocycles. The lowest BCUT2D eigenvalue weighted by Gasteiger charge is -2.19. The molecule has 1 aliphatic rings. The van der Waals surface area contributed by atoms with E-state index in [4.69, 9.17) is 9.47 Å². The molecule has 2 atom stereocenters. The Balaban J connectivity index is 1.77. The van der Waals surface area contributed by atoms with E-state index in [0.29, 0.717) is 6.04 Å². The first-order chi connectivity index (χ1) is 9.83. The number of ether oxygens (including phenoxy) is 2. The van der Waals surface area contributed by atoms with E-state index in [1.54, 1.807) is 0 Å². The molecule has 0 radical (unpaired) electrons. The first-order valence-electron chi connectivity index (χ1n) is 7.03. The van der Waals surface area contributed by atoms with E-state index >= 15 is 0 Å². The van der Waals surface area contributed by atoms with Crippen LogP contribution in [0.15, 0.2) is 54.6 Å². The molecule has 2 unspecified atom stereocenters. The number of hydrogen-bond acceptors (Lipinski definition) is 3. The molecule has 1 N–H and O–H groups in total. The van der Waals surface area contributed by atoms with Gasteiger partial charge in [0, 0.05) is 6.61 Å². The molecule has 3 nitrogen and oxygen atoms in total. The zero-order chi connectivity index (χ0) is 13.8. The number of para-hydroxylation sites is 3. The molecule has 2 aromatic carbocycles. The van der Waals surface area contributed by atoms with Gasteiger partial charge in [-0.15, -0.1) is 0 Å². The van der Waals surface area contributed by atoms with Gasteiger partial charge in [-0.25, -0.2) is 0 Å². The van der Waals surface area contributed by atoms with Gasteiger partial charge >= 0.3 is 0 Å². The van der Waals surface area contributed by atoms with Crippen molar-refractivity contribution in [1.82, 2.24) is 0 Å². The van der Waals surface area contributed by atoms with Crippen LogP contribution in [0, 0.1) is 0 Å². The molecule has 1 fully saturated rings. The van der Waals surface area contributed by atoms with Gasteiger partial charge in [0.15, 0.2) is 5.75 Å². The summed E-state index contributed by atoms with van der Waals surface area (Å²) in [5, 5.41) is 3.53. The highest BCUT2D eigenvalue weighted by Gasteiger charge is 2.24. The second-order valence-corrected chi connectivity index (χ2v) is 5.03. The Morgan fingerprint density at radius 1 is 1.05 bits per heavy atom. The first kappa shape index (κ1) is 13.0. The Morgan fingerprint density at radius 3 is 2.55 bits per heavy atom. The zero-order valence-corrected chi connectivity index (χ0v) is 11.6. The van der Waals surface area contributed by atoms with Gasteiger partial charge in [-0.1, -0.05) is 30.3 Å². The lowest BCUT2D eigenvalue weighted by atomic mass is 10.1. The molecule has 3 heteroatoms. The summed E-state index contributed by atoms with van der Waals surface area (Å²) in [7, 11) is 0. The molecule has 0 saturated carbocycles. The third-order valence-corrected chi connectivity index (χ3v) is 3.58. The first-order valence-corrected chi connectivity index (χ1v) is 7.03. The van der Waals surface area contributed by atoms with E-state index in [9.17, 15) is 0 Å². The predicted molar refractivity (Wildman–Crippen MR) is 80.4 cm³/mol. The molecule has 0 aromatic heterocycles. The maximum atomic E-state index is 5.95. The van der Waals surface area contributed by atoms with Crippen molar-refractivity contribution in [2.45, 2.75) is 25.5 Å². The number of nitrogens with one attached hydrogen (secondary N) is 1. The fourth-order valence-corrected chi connectivity index (χ4v) is 2.41. The molecule has 1 saturated heterocycles. The van der Waals surface area contributed by atoms with Crippen LogP contribution in [0.1, 0.15) is 13.3 Å². The van der Waals surface area contributed by atoms with Crippen LogP contribution in [-0.4, -0.2) is 18.8 Å². The predicted octanol–water partition coefficient (Wildman–Crippen LogP) is 4.07. The third kappa shape index (κ3) is 2.94. The molecule has 3 rings (SSSR count). The van der Waals surface area contributed by atoms with Crippen molar-refractivity contribution in [3.8, 4) is 11.5 Å². The summed E-state index contributed by atoms with van der Waals surface area (Å²) in [5.41, 5.74) is 1.01. The molecule has 1 aliphatic heterocycles. The third-order valence-electron chi connectivity index (χ3n) is 3.58. The quantitative estimate of drug-likeness (QED) is 0.907. The Hall–Kier alpha value is -2.00. The van der Waals surface area contributed by atoms with Crippen LogP contribution in [0.5, 0.6) is 11.5 Å². The highest BCUT2D eigenvalue weighted by atomic mass is 16.5. The fourth-order valence-electron chi connectivity index (χ4n) is 2.41. The largest absolute Gasteiger partial charge is 0.455 e. The smallest absolute Gasteiger partial charge is 0.150 e. The topological polar surface area (TPSA) is 30.5 Å². The summed E-state index contributed by atoms with van der Waals surface area (Å²) in [6.45, 7) is 2.92. The minimum absolute atomic E-state index is 0.236. The van der Waals surface area contributed by atoms with Crippen molar-refractivity contribution in [2.75, 3.05) is 11.9 Å². The Kier molecular flexibility index (Phi) is 3.88. The summed E-state index contributed by atoms with van der Waals surface area (Å²) in [6.07, 6.45) is 1.26. The van der Waals surface area contributed by atoms with Crippen LogP contribution < -0.4 is 10.1 Å². The molecule has 20 heavy (non-hydrogen) atoms. The lowest BCUT2D eigenvalue weighted by Crippen LogP contribution is -2.26. The summed E-state index contributed by atoms with van der Waals surface area (Å²) in [6, 6.07) is 18.2. The van der Waals surface area contributed by atoms with E-state index in [0.717, 1.165) is 30.2 Å². The summed E-state index contributed by atoms with van der Waals surface area (Å²) >= 11 is 0. The van der Waals surface area contributed by atoms with Crippen LogP contribution >= 0.6 is 0 Å². The highest BCUT2D eigenvalue weighted by molar-refractivity contribution is 5.58. The van der Waals surface area contributed by atoms with Crippen LogP contribution in [0.2, 0.25) is 0 Å². The van der Waals surface area contributed by atoms with Gasteiger partial charge < -0.3 is 14.8 Å². The fraction of sp³-hybridized carbons (Fsp3) is 0.294. The average Bonchev–Trinajstić information content (AvgIpc) is 2.88. The van der Waals surface area contributed by atoms with Crippen molar-refractivity contribution < 1.29 is 9.47 Å². The van der Waals surface area contributed by atoms with Crippen molar-refractivity contribution in [1.29, 1.82) is 0 Å². The Morgan fingerprint density at radius 2 is 1.80 bits per heavy atom. The minimum atomic E-state index is 0.236. The standard InChI is InChI=1S/C17H19NO2/c1-13-15(11-12-19-13)18-16-9-5-6-10-17(16)20-14-7-3-2-4-8-14/h2-10,13,15,18H,11-12H2,1H3. The van der Waals surface area contributed by atoms with Crippen LogP contribution in [0.4, 0.5) is 5.69 Å². The van der Waals surface area contributed by atoms with E-state index in [-0.39, 0.29) is 6.10 Å². The van der Waals surface area contributed by atoms with Crippen molar-refractivity contribution in [2.24, 2.45) is 0 Å². The second-order valence-electron chi connectivity index (χ2n) is 5.03. The van der Waals surface area contributed by atoms with Gasteiger partial charge in [-0.2, -0.15) is 0 Å². The number of rotatable bonds is 4. The Bertz CT molecular complexity index is 556. The van der Waals surface area contributed by atoms with E-state index < -0.39 is 0 Å². The molecular formula is C17H19NO2. The lowest BCUT2D eigenvalue weighted by molar-refractivity contribution is 0.121. The normalized spacial score (nSPS) is 21.6. The van der Waals surface area contributed by atoms with Gasteiger partial charge in [-0.3, -0.25) is 0 Å². The van der Waals surface area contributed by atoms with Gasteiger partial charge in [0.25, 0.3) is 0 Å². The average molecular weight is 269 g/mol. The molecular weight excluding hydrogens is 250 g/mol. The van der Waals surface area contributed by atoms with Crippen LogP contribution in [0.25, 0.3) is 0 Å². The molecule has 0 bridgehead atoms. The molecule has 2 aromatic rings. The minimum Gasteiger partial charge on any atom is -0.455 e. The monoisotopic (exact) mass is 269 g/mol. The summed E-state index contributed by atoms with van der Waals surface area (Å²) < 4.78 is 11.5. The molecule has 0 amide bonds. The number of hydrogen-bond donors (Lipinski definition) is 1. The van der Waals surface area contributed by atoms with Crippen LogP contribution in [0.3, 0.4) is 0 Å². The maximum absolute atomic E-state index is 5.95. The van der Waals surface area contributed by atoms with E-state index in [1.165, 1.54) is 0 Å². The highest BCUT2D eigenvalue weighted by Crippen LogP contribution is 2.31. The van der Waals surface area contributed by atoms with Gasteiger partial charge in [0.2, 0.25) is 0 Å². The Labute approximate surface area is 119 Å². The van der Waals surface area contributed by atoms with Crippen molar-refractivity contribution in [3.63, 3.8) is 0 Å². The van der Waals surface area contributed by atoms with Gasteiger partial charge in [0.1, 0.15) is 5.75 Å². The number of anilines is 1. The maximum Gasteiger partial charge on any atom is 0.150 e. The molecule has 1 heterocycles. The molecule has 104 valence electrons. The SMILES string of the molecule is CC1OCCC1Nc1ccccc1Oc1ccccc1. The summed E-state index contributed by atoms with van der Waals surface area (Å²) in [5.74, 6) is 1.69. The van der Waals surface area contributed by atoms with E-state index in [1.807, 2.05) is 54.6 Å². The van der Waals surface area contributed by atoms with Crippen molar-refractivity contribution >= 4 is 5.69 Å². The second kappa shape index (κ2) is 5.97. The number of benzene rings is 2. The van der Waals surface area contributed by atoms with Gasteiger partial charge in [0.05, 0.1) is 17.8 Å².